The van der Waals surface area contributed by atoms with E-state index >= 15 is 0 Å². The zero-order chi connectivity index (χ0) is 14.8. The molecule has 0 saturated carbocycles. The molecule has 0 atom stereocenters. The quantitative estimate of drug-likeness (QED) is 0.651. The minimum absolute atomic E-state index is 0.301. The van der Waals surface area contributed by atoms with Crippen LogP contribution in [0.3, 0.4) is 0 Å². The molecule has 21 heavy (non-hydrogen) atoms. The summed E-state index contributed by atoms with van der Waals surface area (Å²) in [5, 5.41) is 0. The number of carbonyl (C=O) groups excluding carboxylic acids is 1. The van der Waals surface area contributed by atoms with Crippen LogP contribution in [0.5, 0.6) is 0 Å². The average Bonchev–Trinajstić information content (AvgIpc) is 2.92. The molecule has 3 aromatic rings. The standard InChI is InChI=1S/C18H14FNO/c1-13-5-2-3-8-17(13)18-9-14(12-21)11-20(18)16-7-4-6-15(19)10-16/h2-12H,1H3. The van der Waals surface area contributed by atoms with E-state index in [1.807, 2.05) is 47.9 Å². The van der Waals surface area contributed by atoms with Gasteiger partial charge in [0.05, 0.1) is 5.69 Å². The normalized spacial score (nSPS) is 10.6. The van der Waals surface area contributed by atoms with Crippen LogP contribution in [0.2, 0.25) is 0 Å². The Labute approximate surface area is 122 Å². The van der Waals surface area contributed by atoms with Gasteiger partial charge in [0.15, 0.2) is 6.29 Å². The topological polar surface area (TPSA) is 22.0 Å². The molecule has 2 nitrogen and oxygen atoms in total. The maximum atomic E-state index is 13.5. The van der Waals surface area contributed by atoms with Gasteiger partial charge < -0.3 is 4.57 Å². The number of aryl methyl sites for hydroxylation is 1. The number of halogens is 1. The lowest BCUT2D eigenvalue weighted by Crippen LogP contribution is -1.96. The Morgan fingerprint density at radius 1 is 1.05 bits per heavy atom. The van der Waals surface area contributed by atoms with Crippen molar-refractivity contribution in [1.82, 2.24) is 4.57 Å². The Hall–Kier alpha value is -2.68. The number of aldehydes is 1. The molecule has 0 radical (unpaired) electrons. The maximum Gasteiger partial charge on any atom is 0.151 e. The van der Waals surface area contributed by atoms with Crippen molar-refractivity contribution in [2.24, 2.45) is 0 Å². The second kappa shape index (κ2) is 5.37. The monoisotopic (exact) mass is 279 g/mol. The lowest BCUT2D eigenvalue weighted by molar-refractivity contribution is 0.112. The summed E-state index contributed by atoms with van der Waals surface area (Å²) in [6.07, 6.45) is 2.53. The second-order valence-corrected chi connectivity index (χ2v) is 4.94. The molecule has 0 aliphatic rings. The van der Waals surface area contributed by atoms with E-state index in [-0.39, 0.29) is 5.82 Å². The molecule has 0 unspecified atom stereocenters. The zero-order valence-electron chi connectivity index (χ0n) is 11.6. The first-order valence-corrected chi connectivity index (χ1v) is 6.68. The van der Waals surface area contributed by atoms with Crippen LogP contribution in [0.25, 0.3) is 16.9 Å². The van der Waals surface area contributed by atoms with E-state index in [9.17, 15) is 9.18 Å². The van der Waals surface area contributed by atoms with Crippen molar-refractivity contribution in [3.63, 3.8) is 0 Å². The minimum atomic E-state index is -0.301. The molecule has 2 aromatic carbocycles. The highest BCUT2D eigenvalue weighted by atomic mass is 19.1. The third-order valence-corrected chi connectivity index (χ3v) is 3.48. The number of carbonyl (C=O) groups is 1. The molecular weight excluding hydrogens is 265 g/mol. The number of nitrogens with zero attached hydrogens (tertiary/aromatic N) is 1. The van der Waals surface area contributed by atoms with E-state index in [1.54, 1.807) is 12.3 Å². The molecule has 0 saturated heterocycles. The molecule has 3 rings (SSSR count). The summed E-state index contributed by atoms with van der Waals surface area (Å²) >= 11 is 0. The van der Waals surface area contributed by atoms with Crippen LogP contribution in [0.1, 0.15) is 15.9 Å². The Kier molecular flexibility index (Phi) is 3.40. The van der Waals surface area contributed by atoms with E-state index in [2.05, 4.69) is 0 Å². The van der Waals surface area contributed by atoms with Gasteiger partial charge in [-0.05, 0) is 36.8 Å². The first kappa shape index (κ1) is 13.3. The molecule has 0 N–H and O–H groups in total. The molecule has 3 heteroatoms. The van der Waals surface area contributed by atoms with Gasteiger partial charge in [-0.2, -0.15) is 0 Å². The van der Waals surface area contributed by atoms with Crippen molar-refractivity contribution in [2.75, 3.05) is 0 Å². The summed E-state index contributed by atoms with van der Waals surface area (Å²) in [5.41, 5.74) is 4.26. The van der Waals surface area contributed by atoms with Crippen LogP contribution < -0.4 is 0 Å². The summed E-state index contributed by atoms with van der Waals surface area (Å²) in [6, 6.07) is 16.1. The van der Waals surface area contributed by atoms with Gasteiger partial charge in [-0.25, -0.2) is 4.39 Å². The van der Waals surface area contributed by atoms with Gasteiger partial charge in [0, 0.05) is 23.0 Å². The summed E-state index contributed by atoms with van der Waals surface area (Å²) in [4.78, 5) is 11.1. The number of hydrogen-bond acceptors (Lipinski definition) is 1. The third-order valence-electron chi connectivity index (χ3n) is 3.48. The number of hydrogen-bond donors (Lipinski definition) is 0. The number of benzene rings is 2. The fourth-order valence-electron chi connectivity index (χ4n) is 2.46. The molecule has 0 spiro atoms. The van der Waals surface area contributed by atoms with Crippen molar-refractivity contribution in [3.05, 3.63) is 77.7 Å². The van der Waals surface area contributed by atoms with Crippen LogP contribution in [0.4, 0.5) is 4.39 Å². The van der Waals surface area contributed by atoms with Crippen LogP contribution in [0.15, 0.2) is 60.8 Å². The molecule has 0 amide bonds. The van der Waals surface area contributed by atoms with Crippen LogP contribution in [0, 0.1) is 12.7 Å². The van der Waals surface area contributed by atoms with Crippen molar-refractivity contribution < 1.29 is 9.18 Å². The molecule has 1 aromatic heterocycles. The van der Waals surface area contributed by atoms with E-state index < -0.39 is 0 Å². The smallest absolute Gasteiger partial charge is 0.151 e. The van der Waals surface area contributed by atoms with Crippen LogP contribution >= 0.6 is 0 Å². The predicted molar refractivity (Wildman–Crippen MR) is 81.3 cm³/mol. The molecule has 104 valence electrons. The second-order valence-electron chi connectivity index (χ2n) is 4.94. The lowest BCUT2D eigenvalue weighted by atomic mass is 10.1. The molecule has 0 bridgehead atoms. The van der Waals surface area contributed by atoms with Crippen molar-refractivity contribution >= 4 is 6.29 Å². The Bertz CT molecular complexity index is 804. The Morgan fingerprint density at radius 2 is 1.86 bits per heavy atom. The fraction of sp³-hybridized carbons (Fsp3) is 0.0556. The number of aromatic nitrogens is 1. The van der Waals surface area contributed by atoms with Crippen molar-refractivity contribution in [1.29, 1.82) is 0 Å². The van der Waals surface area contributed by atoms with Gasteiger partial charge >= 0.3 is 0 Å². The van der Waals surface area contributed by atoms with Gasteiger partial charge in [-0.15, -0.1) is 0 Å². The molecule has 0 fully saturated rings. The molecule has 0 aliphatic carbocycles. The zero-order valence-corrected chi connectivity index (χ0v) is 11.6. The van der Waals surface area contributed by atoms with Gasteiger partial charge in [0.1, 0.15) is 5.82 Å². The van der Waals surface area contributed by atoms with Gasteiger partial charge in [0.25, 0.3) is 0 Å². The number of rotatable bonds is 3. The van der Waals surface area contributed by atoms with Gasteiger partial charge in [-0.3, -0.25) is 4.79 Å². The third kappa shape index (κ3) is 2.50. The molecular formula is C18H14FNO. The van der Waals surface area contributed by atoms with Crippen molar-refractivity contribution in [2.45, 2.75) is 6.92 Å². The minimum Gasteiger partial charge on any atom is -0.316 e. The van der Waals surface area contributed by atoms with E-state index in [0.29, 0.717) is 11.3 Å². The average molecular weight is 279 g/mol. The highest BCUT2D eigenvalue weighted by Crippen LogP contribution is 2.28. The Balaban J connectivity index is 2.24. The van der Waals surface area contributed by atoms with Gasteiger partial charge in [-0.1, -0.05) is 30.3 Å². The Morgan fingerprint density at radius 3 is 2.57 bits per heavy atom. The molecule has 0 aliphatic heterocycles. The van der Waals surface area contributed by atoms with E-state index in [1.165, 1.54) is 12.1 Å². The van der Waals surface area contributed by atoms with Crippen LogP contribution in [-0.2, 0) is 0 Å². The van der Waals surface area contributed by atoms with Gasteiger partial charge in [0.2, 0.25) is 0 Å². The van der Waals surface area contributed by atoms with E-state index in [0.717, 1.165) is 23.1 Å². The van der Waals surface area contributed by atoms with Crippen LogP contribution in [-0.4, -0.2) is 10.9 Å². The first-order valence-electron chi connectivity index (χ1n) is 6.68. The largest absolute Gasteiger partial charge is 0.316 e. The summed E-state index contributed by atoms with van der Waals surface area (Å²) in [5.74, 6) is -0.301. The van der Waals surface area contributed by atoms with E-state index in [4.69, 9.17) is 0 Å². The highest BCUT2D eigenvalue weighted by Gasteiger charge is 2.11. The fourth-order valence-corrected chi connectivity index (χ4v) is 2.46. The first-order chi connectivity index (χ1) is 10.2. The summed E-state index contributed by atoms with van der Waals surface area (Å²) in [7, 11) is 0. The predicted octanol–water partition coefficient (Wildman–Crippen LogP) is 4.40. The lowest BCUT2D eigenvalue weighted by Gasteiger charge is -2.11. The highest BCUT2D eigenvalue weighted by molar-refractivity contribution is 5.80. The van der Waals surface area contributed by atoms with Crippen molar-refractivity contribution in [3.8, 4) is 16.9 Å². The molecule has 1 heterocycles. The summed E-state index contributed by atoms with van der Waals surface area (Å²) < 4.78 is 15.3. The maximum absolute atomic E-state index is 13.5. The summed E-state index contributed by atoms with van der Waals surface area (Å²) in [6.45, 7) is 2.01. The SMILES string of the molecule is Cc1ccccc1-c1cc(C=O)cn1-c1cccc(F)c1.